The van der Waals surface area contributed by atoms with Gasteiger partial charge in [-0.15, -0.1) is 0 Å². The Balaban J connectivity index is 1.74. The van der Waals surface area contributed by atoms with Crippen LogP contribution in [-0.4, -0.2) is 15.7 Å². The van der Waals surface area contributed by atoms with Gasteiger partial charge >= 0.3 is 0 Å². The lowest BCUT2D eigenvalue weighted by molar-refractivity contribution is 0.799. The molecule has 24 heavy (non-hydrogen) atoms. The molecule has 0 spiro atoms. The second-order valence-electron chi connectivity index (χ2n) is 6.21. The first-order valence-electron chi connectivity index (χ1n) is 8.39. The lowest BCUT2D eigenvalue weighted by atomic mass is 10.0. The fourth-order valence-corrected chi connectivity index (χ4v) is 2.78. The summed E-state index contributed by atoms with van der Waals surface area (Å²) < 4.78 is 0. The normalized spacial score (nSPS) is 13.5. The predicted molar refractivity (Wildman–Crippen MR) is 96.6 cm³/mol. The molecule has 3 nitrogen and oxygen atoms in total. The van der Waals surface area contributed by atoms with Crippen LogP contribution in [0, 0.1) is 5.92 Å². The minimum atomic E-state index is 0.725. The molecular formula is C21H19N3. The maximum Gasteiger partial charge on any atom is 0.156 e. The number of hydrogen-bond acceptors (Lipinski definition) is 3. The van der Waals surface area contributed by atoms with Crippen LogP contribution in [0.4, 0.5) is 5.82 Å². The average Bonchev–Trinajstić information content (AvgIpc) is 3.45. The molecule has 1 fully saturated rings. The number of aromatic nitrogens is 2. The van der Waals surface area contributed by atoms with Crippen LogP contribution in [0.5, 0.6) is 0 Å². The summed E-state index contributed by atoms with van der Waals surface area (Å²) in [6, 6.07) is 22.5. The Morgan fingerprint density at radius 2 is 1.50 bits per heavy atom. The summed E-state index contributed by atoms with van der Waals surface area (Å²) in [7, 11) is 0. The van der Waals surface area contributed by atoms with Gasteiger partial charge in [-0.2, -0.15) is 0 Å². The SMILES string of the molecule is c1ccc(C(=Nc2cc(CC3CC3)ncn2)c2ccccc2)cc1. The molecule has 3 heteroatoms. The fourth-order valence-electron chi connectivity index (χ4n) is 2.78. The largest absolute Gasteiger partial charge is 0.241 e. The van der Waals surface area contributed by atoms with E-state index in [0.717, 1.165) is 40.7 Å². The van der Waals surface area contributed by atoms with Gasteiger partial charge in [-0.05, 0) is 25.2 Å². The van der Waals surface area contributed by atoms with E-state index in [1.165, 1.54) is 12.8 Å². The van der Waals surface area contributed by atoms with Gasteiger partial charge in [0.05, 0.1) is 5.71 Å². The second-order valence-corrected chi connectivity index (χ2v) is 6.21. The Morgan fingerprint density at radius 3 is 2.08 bits per heavy atom. The lowest BCUT2D eigenvalue weighted by Crippen LogP contribution is -2.03. The van der Waals surface area contributed by atoms with Crippen molar-refractivity contribution in [2.24, 2.45) is 10.9 Å². The number of nitrogens with zero attached hydrogens (tertiary/aromatic N) is 3. The molecule has 0 atom stereocenters. The van der Waals surface area contributed by atoms with E-state index >= 15 is 0 Å². The summed E-state index contributed by atoms with van der Waals surface area (Å²) in [5.74, 6) is 1.53. The molecule has 0 N–H and O–H groups in total. The van der Waals surface area contributed by atoms with Crippen molar-refractivity contribution in [3.05, 3.63) is 89.9 Å². The molecule has 4 rings (SSSR count). The Bertz CT molecular complexity index is 796. The second kappa shape index (κ2) is 6.75. The zero-order valence-electron chi connectivity index (χ0n) is 13.5. The van der Waals surface area contributed by atoms with Gasteiger partial charge in [0.2, 0.25) is 0 Å². The molecule has 2 aromatic carbocycles. The quantitative estimate of drug-likeness (QED) is 0.646. The summed E-state index contributed by atoms with van der Waals surface area (Å²) in [6.07, 6.45) is 5.31. The van der Waals surface area contributed by atoms with E-state index in [1.54, 1.807) is 6.33 Å². The fraction of sp³-hybridized carbons (Fsp3) is 0.190. The topological polar surface area (TPSA) is 38.1 Å². The molecule has 0 amide bonds. The van der Waals surface area contributed by atoms with Crippen LogP contribution in [0.25, 0.3) is 0 Å². The first kappa shape index (κ1) is 14.8. The maximum atomic E-state index is 4.85. The zero-order valence-corrected chi connectivity index (χ0v) is 13.5. The molecule has 1 heterocycles. The van der Waals surface area contributed by atoms with Gasteiger partial charge in [0.1, 0.15) is 6.33 Å². The van der Waals surface area contributed by atoms with Gasteiger partial charge in [0.25, 0.3) is 0 Å². The molecule has 0 bridgehead atoms. The smallest absolute Gasteiger partial charge is 0.156 e. The van der Waals surface area contributed by atoms with Crippen molar-refractivity contribution in [3.63, 3.8) is 0 Å². The van der Waals surface area contributed by atoms with Gasteiger partial charge in [-0.3, -0.25) is 0 Å². The molecule has 0 saturated heterocycles. The summed E-state index contributed by atoms with van der Waals surface area (Å²) in [4.78, 5) is 13.6. The van der Waals surface area contributed by atoms with E-state index in [1.807, 2.05) is 42.5 Å². The Morgan fingerprint density at radius 1 is 0.875 bits per heavy atom. The molecule has 1 saturated carbocycles. The number of benzene rings is 2. The van der Waals surface area contributed by atoms with Crippen LogP contribution >= 0.6 is 0 Å². The van der Waals surface area contributed by atoms with Crippen LogP contribution in [0.3, 0.4) is 0 Å². The van der Waals surface area contributed by atoms with E-state index in [0.29, 0.717) is 0 Å². The van der Waals surface area contributed by atoms with Gasteiger partial charge in [0.15, 0.2) is 5.82 Å². The lowest BCUT2D eigenvalue weighted by Gasteiger charge is -2.07. The van der Waals surface area contributed by atoms with Crippen LogP contribution in [-0.2, 0) is 6.42 Å². The summed E-state index contributed by atoms with van der Waals surface area (Å²) in [5, 5.41) is 0. The van der Waals surface area contributed by atoms with Crippen molar-refractivity contribution in [3.8, 4) is 0 Å². The first-order chi connectivity index (χ1) is 11.9. The van der Waals surface area contributed by atoms with E-state index in [9.17, 15) is 0 Å². The van der Waals surface area contributed by atoms with Crippen molar-refractivity contribution in [2.75, 3.05) is 0 Å². The zero-order chi connectivity index (χ0) is 16.2. The summed E-state index contributed by atoms with van der Waals surface area (Å²) in [5.41, 5.74) is 4.20. The molecule has 118 valence electrons. The average molecular weight is 313 g/mol. The van der Waals surface area contributed by atoms with Gasteiger partial charge in [-0.1, -0.05) is 60.7 Å². The van der Waals surface area contributed by atoms with Gasteiger partial charge in [0, 0.05) is 22.9 Å². The van der Waals surface area contributed by atoms with E-state index in [2.05, 4.69) is 34.2 Å². The molecule has 0 aliphatic heterocycles. The third-order valence-electron chi connectivity index (χ3n) is 4.22. The van der Waals surface area contributed by atoms with Crippen LogP contribution < -0.4 is 0 Å². The van der Waals surface area contributed by atoms with E-state index < -0.39 is 0 Å². The first-order valence-corrected chi connectivity index (χ1v) is 8.39. The molecule has 0 radical (unpaired) electrons. The molecule has 0 unspecified atom stereocenters. The van der Waals surface area contributed by atoms with Crippen molar-refractivity contribution in [2.45, 2.75) is 19.3 Å². The van der Waals surface area contributed by atoms with Gasteiger partial charge in [-0.25, -0.2) is 15.0 Å². The standard InChI is InChI=1S/C21H19N3/c1-3-7-17(8-4-1)21(18-9-5-2-6-10-18)24-20-14-19(22-15-23-20)13-16-11-12-16/h1-10,14-16H,11-13H2. The monoisotopic (exact) mass is 313 g/mol. The van der Waals surface area contributed by atoms with Crippen molar-refractivity contribution >= 4 is 11.5 Å². The highest BCUT2D eigenvalue weighted by molar-refractivity contribution is 6.13. The summed E-state index contributed by atoms with van der Waals surface area (Å²) >= 11 is 0. The molecular weight excluding hydrogens is 294 g/mol. The highest BCUT2D eigenvalue weighted by Gasteiger charge is 2.22. The Labute approximate surface area is 142 Å². The molecule has 3 aromatic rings. The summed E-state index contributed by atoms with van der Waals surface area (Å²) in [6.45, 7) is 0. The number of hydrogen-bond donors (Lipinski definition) is 0. The molecule has 1 aliphatic carbocycles. The van der Waals surface area contributed by atoms with Crippen molar-refractivity contribution in [1.29, 1.82) is 0 Å². The van der Waals surface area contributed by atoms with Crippen molar-refractivity contribution < 1.29 is 0 Å². The minimum absolute atomic E-state index is 0.725. The molecule has 1 aromatic heterocycles. The van der Waals surface area contributed by atoms with E-state index in [-0.39, 0.29) is 0 Å². The highest BCUT2D eigenvalue weighted by Crippen LogP contribution is 2.32. The van der Waals surface area contributed by atoms with Crippen LogP contribution in [0.2, 0.25) is 0 Å². The van der Waals surface area contributed by atoms with Crippen LogP contribution in [0.15, 0.2) is 78.0 Å². The Kier molecular flexibility index (Phi) is 4.15. The van der Waals surface area contributed by atoms with Crippen LogP contribution in [0.1, 0.15) is 29.7 Å². The maximum absolute atomic E-state index is 4.85. The Hall–Kier alpha value is -2.81. The third-order valence-corrected chi connectivity index (χ3v) is 4.22. The predicted octanol–water partition coefficient (Wildman–Crippen LogP) is 4.60. The van der Waals surface area contributed by atoms with E-state index in [4.69, 9.17) is 4.99 Å². The third kappa shape index (κ3) is 3.57. The molecule has 1 aliphatic rings. The van der Waals surface area contributed by atoms with Gasteiger partial charge < -0.3 is 0 Å². The van der Waals surface area contributed by atoms with Crippen molar-refractivity contribution in [1.82, 2.24) is 9.97 Å². The minimum Gasteiger partial charge on any atom is -0.241 e. The number of aliphatic imine (C=N–C) groups is 1. The highest BCUT2D eigenvalue weighted by atomic mass is 15.0. The number of rotatable bonds is 5.